The molecule has 1 aromatic carbocycles. The number of halogens is 3. The molecule has 0 bridgehead atoms. The van der Waals surface area contributed by atoms with E-state index in [2.05, 4.69) is 19.9 Å². The molecular weight excluding hydrogens is 371 g/mol. The maximum absolute atomic E-state index is 10.8. The van der Waals surface area contributed by atoms with Crippen LogP contribution >= 0.6 is 34.8 Å². The molecule has 0 aliphatic carbocycles. The summed E-state index contributed by atoms with van der Waals surface area (Å²) in [5, 5.41) is 0.746. The number of aldehydes is 1. The van der Waals surface area contributed by atoms with Crippen LogP contribution in [0.25, 0.3) is 11.3 Å². The van der Waals surface area contributed by atoms with E-state index in [0.29, 0.717) is 10.7 Å². The second kappa shape index (κ2) is 8.68. The molecule has 0 fully saturated rings. The van der Waals surface area contributed by atoms with Crippen molar-refractivity contribution >= 4 is 41.1 Å². The maximum Gasteiger partial charge on any atom is 0.223 e. The van der Waals surface area contributed by atoms with Crippen LogP contribution in [-0.4, -0.2) is 26.2 Å². The maximum atomic E-state index is 10.8. The molecule has 0 spiro atoms. The van der Waals surface area contributed by atoms with Gasteiger partial charge in [0.25, 0.3) is 0 Å². The Morgan fingerprint density at radius 1 is 0.917 bits per heavy atom. The van der Waals surface area contributed by atoms with Crippen LogP contribution in [0.4, 0.5) is 0 Å². The zero-order valence-corrected chi connectivity index (χ0v) is 14.7. The molecule has 0 unspecified atom stereocenters. The van der Waals surface area contributed by atoms with E-state index in [9.17, 15) is 4.79 Å². The highest BCUT2D eigenvalue weighted by Gasteiger charge is 2.07. The third-order valence-electron chi connectivity index (χ3n) is 3.00. The minimum absolute atomic E-state index is 0.178. The standard InChI is InChI=1S/C12H9ClN2O.C4H2Cl2N2/c1-8-9(7-16)3-2-4-10(8)11-5-6-14-12(13)15-11;5-3-1-2-7-4(6)8-3/h2-7H,1H3;1-2H. The topological polar surface area (TPSA) is 68.6 Å². The molecule has 0 saturated heterocycles. The molecule has 8 heteroatoms. The molecule has 2 heterocycles. The quantitative estimate of drug-likeness (QED) is 0.365. The third kappa shape index (κ3) is 4.96. The summed E-state index contributed by atoms with van der Waals surface area (Å²) in [6.45, 7) is 1.88. The number of carbonyl (C=O) groups excluding carboxylic acids is 1. The largest absolute Gasteiger partial charge is 0.298 e. The zero-order valence-electron chi connectivity index (χ0n) is 12.4. The smallest absolute Gasteiger partial charge is 0.223 e. The first-order valence-electron chi connectivity index (χ1n) is 6.69. The van der Waals surface area contributed by atoms with Gasteiger partial charge in [-0.2, -0.15) is 0 Å². The van der Waals surface area contributed by atoms with E-state index >= 15 is 0 Å². The first-order chi connectivity index (χ1) is 11.5. The highest BCUT2D eigenvalue weighted by Crippen LogP contribution is 2.23. The number of hydrogen-bond donors (Lipinski definition) is 0. The second-order valence-electron chi connectivity index (χ2n) is 4.50. The summed E-state index contributed by atoms with van der Waals surface area (Å²) in [4.78, 5) is 26.0. The van der Waals surface area contributed by atoms with Crippen molar-refractivity contribution in [1.82, 2.24) is 19.9 Å². The average Bonchev–Trinajstić information content (AvgIpc) is 2.55. The monoisotopic (exact) mass is 380 g/mol. The fourth-order valence-corrected chi connectivity index (χ4v) is 2.33. The van der Waals surface area contributed by atoms with Crippen molar-refractivity contribution in [3.8, 4) is 11.3 Å². The Morgan fingerprint density at radius 2 is 1.58 bits per heavy atom. The van der Waals surface area contributed by atoms with Gasteiger partial charge in [0.2, 0.25) is 10.6 Å². The molecule has 24 heavy (non-hydrogen) atoms. The molecule has 0 radical (unpaired) electrons. The van der Waals surface area contributed by atoms with Crippen LogP contribution in [0.15, 0.2) is 42.7 Å². The zero-order chi connectivity index (χ0) is 17.5. The number of hydrogen-bond acceptors (Lipinski definition) is 5. The van der Waals surface area contributed by atoms with E-state index in [1.165, 1.54) is 6.20 Å². The summed E-state index contributed by atoms with van der Waals surface area (Å²) in [6.07, 6.45) is 3.93. The molecule has 0 aliphatic heterocycles. The average molecular weight is 382 g/mol. The van der Waals surface area contributed by atoms with Crippen LogP contribution < -0.4 is 0 Å². The predicted octanol–water partition coefficient (Wildman–Crippen LogP) is 4.70. The highest BCUT2D eigenvalue weighted by molar-refractivity contribution is 6.31. The molecule has 0 N–H and O–H groups in total. The lowest BCUT2D eigenvalue weighted by atomic mass is 10.0. The summed E-state index contributed by atoms with van der Waals surface area (Å²) in [6, 6.07) is 8.83. The van der Waals surface area contributed by atoms with Crippen molar-refractivity contribution in [1.29, 1.82) is 0 Å². The Hall–Kier alpha value is -2.08. The lowest BCUT2D eigenvalue weighted by molar-refractivity contribution is 0.112. The number of aromatic nitrogens is 4. The van der Waals surface area contributed by atoms with Gasteiger partial charge in [0.15, 0.2) is 0 Å². The van der Waals surface area contributed by atoms with Gasteiger partial charge < -0.3 is 0 Å². The minimum Gasteiger partial charge on any atom is -0.298 e. The van der Waals surface area contributed by atoms with Gasteiger partial charge in [-0.25, -0.2) is 19.9 Å². The lowest BCUT2D eigenvalue weighted by Crippen LogP contribution is -1.93. The minimum atomic E-state index is 0.178. The number of rotatable bonds is 2. The highest BCUT2D eigenvalue weighted by atomic mass is 35.5. The Labute approximate surface area is 153 Å². The Bertz CT molecular complexity index is 841. The van der Waals surface area contributed by atoms with E-state index < -0.39 is 0 Å². The molecule has 0 amide bonds. The summed E-state index contributed by atoms with van der Waals surface area (Å²) in [7, 11) is 0. The molecular formula is C16H11Cl3N4O. The lowest BCUT2D eigenvalue weighted by Gasteiger charge is -2.06. The van der Waals surface area contributed by atoms with E-state index in [0.717, 1.165) is 23.1 Å². The number of benzene rings is 1. The van der Waals surface area contributed by atoms with Crippen molar-refractivity contribution < 1.29 is 4.79 Å². The molecule has 122 valence electrons. The summed E-state index contributed by atoms with van der Waals surface area (Å²) in [5.41, 5.74) is 3.18. The Morgan fingerprint density at radius 3 is 2.12 bits per heavy atom. The van der Waals surface area contributed by atoms with Gasteiger partial charge in [0.05, 0.1) is 5.69 Å². The van der Waals surface area contributed by atoms with Crippen molar-refractivity contribution in [3.05, 3.63) is 69.6 Å². The molecule has 0 aliphatic rings. The fourth-order valence-electron chi connectivity index (χ4n) is 1.86. The summed E-state index contributed by atoms with van der Waals surface area (Å²) >= 11 is 16.5. The van der Waals surface area contributed by atoms with Crippen molar-refractivity contribution in [3.63, 3.8) is 0 Å². The van der Waals surface area contributed by atoms with Crippen LogP contribution in [0, 0.1) is 6.92 Å². The van der Waals surface area contributed by atoms with Crippen LogP contribution in [-0.2, 0) is 0 Å². The normalized spacial score (nSPS) is 9.83. The van der Waals surface area contributed by atoms with Gasteiger partial charge in [-0.05, 0) is 47.8 Å². The molecule has 0 saturated carbocycles. The predicted molar refractivity (Wildman–Crippen MR) is 94.7 cm³/mol. The van der Waals surface area contributed by atoms with E-state index in [4.69, 9.17) is 34.8 Å². The van der Waals surface area contributed by atoms with Crippen molar-refractivity contribution in [2.45, 2.75) is 6.92 Å². The third-order valence-corrected chi connectivity index (χ3v) is 3.57. The van der Waals surface area contributed by atoms with Gasteiger partial charge in [-0.3, -0.25) is 4.79 Å². The van der Waals surface area contributed by atoms with Gasteiger partial charge in [-0.1, -0.05) is 29.8 Å². The number of carbonyl (C=O) groups is 1. The van der Waals surface area contributed by atoms with Crippen LogP contribution in [0.2, 0.25) is 15.7 Å². The van der Waals surface area contributed by atoms with Crippen molar-refractivity contribution in [2.75, 3.05) is 0 Å². The summed E-state index contributed by atoms with van der Waals surface area (Å²) < 4.78 is 0. The molecule has 2 aromatic heterocycles. The molecule has 3 aromatic rings. The first kappa shape index (κ1) is 18.3. The number of nitrogens with zero attached hydrogens (tertiary/aromatic N) is 4. The van der Waals surface area contributed by atoms with Crippen molar-refractivity contribution in [2.24, 2.45) is 0 Å². The van der Waals surface area contributed by atoms with E-state index in [1.54, 1.807) is 24.4 Å². The second-order valence-corrected chi connectivity index (χ2v) is 5.56. The SMILES string of the molecule is Cc1c(C=O)cccc1-c1ccnc(Cl)n1.Clc1ccnc(Cl)n1. The van der Waals surface area contributed by atoms with Gasteiger partial charge in [0.1, 0.15) is 11.4 Å². The summed E-state index contributed by atoms with van der Waals surface area (Å²) in [5.74, 6) is 0. The van der Waals surface area contributed by atoms with Crippen LogP contribution in [0.5, 0.6) is 0 Å². The van der Waals surface area contributed by atoms with E-state index in [1.807, 2.05) is 19.1 Å². The van der Waals surface area contributed by atoms with Crippen LogP contribution in [0.3, 0.4) is 0 Å². The molecule has 5 nitrogen and oxygen atoms in total. The van der Waals surface area contributed by atoms with Gasteiger partial charge in [0, 0.05) is 23.5 Å². The fraction of sp³-hybridized carbons (Fsp3) is 0.0625. The first-order valence-corrected chi connectivity index (χ1v) is 7.82. The van der Waals surface area contributed by atoms with E-state index in [-0.39, 0.29) is 10.6 Å². The molecule has 0 atom stereocenters. The van der Waals surface area contributed by atoms with Gasteiger partial charge >= 0.3 is 0 Å². The van der Waals surface area contributed by atoms with Crippen LogP contribution in [0.1, 0.15) is 15.9 Å². The molecule has 3 rings (SSSR count). The Kier molecular flexibility index (Phi) is 6.61. The van der Waals surface area contributed by atoms with Gasteiger partial charge in [-0.15, -0.1) is 0 Å². The Balaban J connectivity index is 0.000000219.